The SMILES string of the molecule is CCC(C)N1CCN(C2(CN)CCCN(CC)CC2)CC1. The molecule has 0 bridgehead atoms. The highest BCUT2D eigenvalue weighted by Crippen LogP contribution is 2.29. The van der Waals surface area contributed by atoms with Crippen LogP contribution in [0.3, 0.4) is 0 Å². The third-order valence-electron chi connectivity index (χ3n) is 6.04. The minimum absolute atomic E-state index is 0.269. The van der Waals surface area contributed by atoms with E-state index in [2.05, 4.69) is 35.5 Å². The smallest absolute Gasteiger partial charge is 0.0345 e. The van der Waals surface area contributed by atoms with Gasteiger partial charge in [0.15, 0.2) is 0 Å². The average molecular weight is 297 g/mol. The van der Waals surface area contributed by atoms with Gasteiger partial charge in [0.25, 0.3) is 0 Å². The van der Waals surface area contributed by atoms with Crippen LogP contribution in [-0.2, 0) is 0 Å². The standard InChI is InChI=1S/C17H36N4/c1-4-16(3)20-11-13-21(14-12-20)17(15-18)7-6-9-19(5-2)10-8-17/h16H,4-15,18H2,1-3H3. The van der Waals surface area contributed by atoms with Crippen molar-refractivity contribution in [1.29, 1.82) is 0 Å². The maximum absolute atomic E-state index is 6.27. The number of rotatable bonds is 5. The van der Waals surface area contributed by atoms with Gasteiger partial charge in [0.2, 0.25) is 0 Å². The fraction of sp³-hybridized carbons (Fsp3) is 1.00. The lowest BCUT2D eigenvalue weighted by Gasteiger charge is -2.48. The third-order valence-corrected chi connectivity index (χ3v) is 6.04. The summed E-state index contributed by atoms with van der Waals surface area (Å²) in [4.78, 5) is 7.97. The van der Waals surface area contributed by atoms with Gasteiger partial charge < -0.3 is 10.6 Å². The van der Waals surface area contributed by atoms with Gasteiger partial charge >= 0.3 is 0 Å². The van der Waals surface area contributed by atoms with Crippen molar-refractivity contribution in [1.82, 2.24) is 14.7 Å². The summed E-state index contributed by atoms with van der Waals surface area (Å²) in [6.45, 7) is 16.3. The number of hydrogen-bond donors (Lipinski definition) is 1. The molecule has 2 rings (SSSR count). The van der Waals surface area contributed by atoms with Crippen LogP contribution in [0.2, 0.25) is 0 Å². The van der Waals surface area contributed by atoms with Gasteiger partial charge in [0.05, 0.1) is 0 Å². The zero-order valence-corrected chi connectivity index (χ0v) is 14.5. The van der Waals surface area contributed by atoms with E-state index >= 15 is 0 Å². The molecule has 0 amide bonds. The molecular formula is C17H36N4. The Balaban J connectivity index is 1.95. The molecule has 2 aliphatic heterocycles. The van der Waals surface area contributed by atoms with Crippen molar-refractivity contribution in [3.05, 3.63) is 0 Å². The normalized spacial score (nSPS) is 32.0. The van der Waals surface area contributed by atoms with Gasteiger partial charge in [0, 0.05) is 44.3 Å². The monoisotopic (exact) mass is 296 g/mol. The maximum Gasteiger partial charge on any atom is 0.0345 e. The Bertz CT molecular complexity index is 301. The minimum Gasteiger partial charge on any atom is -0.329 e. The predicted molar refractivity (Wildman–Crippen MR) is 90.6 cm³/mol. The Kier molecular flexibility index (Phi) is 6.48. The summed E-state index contributed by atoms with van der Waals surface area (Å²) in [5, 5.41) is 0. The quantitative estimate of drug-likeness (QED) is 0.836. The first-order chi connectivity index (χ1) is 10.1. The van der Waals surface area contributed by atoms with Crippen molar-refractivity contribution in [3.63, 3.8) is 0 Å². The van der Waals surface area contributed by atoms with Crippen molar-refractivity contribution >= 4 is 0 Å². The van der Waals surface area contributed by atoms with Crippen molar-refractivity contribution in [2.24, 2.45) is 5.73 Å². The summed E-state index contributed by atoms with van der Waals surface area (Å²) in [7, 11) is 0. The molecule has 4 nitrogen and oxygen atoms in total. The Morgan fingerprint density at radius 3 is 2.29 bits per heavy atom. The van der Waals surface area contributed by atoms with Crippen LogP contribution in [0.1, 0.15) is 46.5 Å². The molecule has 2 unspecified atom stereocenters. The summed E-state index contributed by atoms with van der Waals surface area (Å²) >= 11 is 0. The second kappa shape index (κ2) is 7.91. The maximum atomic E-state index is 6.27. The second-order valence-electron chi connectivity index (χ2n) is 7.00. The highest BCUT2D eigenvalue weighted by Gasteiger charge is 2.38. The van der Waals surface area contributed by atoms with Crippen molar-refractivity contribution in [2.45, 2.75) is 58.0 Å². The van der Waals surface area contributed by atoms with Gasteiger partial charge in [-0.25, -0.2) is 0 Å². The molecule has 124 valence electrons. The summed E-state index contributed by atoms with van der Waals surface area (Å²) in [5.74, 6) is 0. The van der Waals surface area contributed by atoms with Crippen molar-refractivity contribution in [2.75, 3.05) is 52.4 Å². The minimum atomic E-state index is 0.269. The van der Waals surface area contributed by atoms with E-state index in [9.17, 15) is 0 Å². The van der Waals surface area contributed by atoms with Crippen LogP contribution in [0.15, 0.2) is 0 Å². The first-order valence-electron chi connectivity index (χ1n) is 9.06. The van der Waals surface area contributed by atoms with Crippen LogP contribution < -0.4 is 5.73 Å². The zero-order valence-electron chi connectivity index (χ0n) is 14.5. The first-order valence-corrected chi connectivity index (χ1v) is 9.06. The molecule has 0 aliphatic carbocycles. The van der Waals surface area contributed by atoms with E-state index in [1.54, 1.807) is 0 Å². The average Bonchev–Trinajstić information content (AvgIpc) is 2.77. The summed E-state index contributed by atoms with van der Waals surface area (Å²) in [5.41, 5.74) is 6.54. The Labute approximate surface area is 131 Å². The highest BCUT2D eigenvalue weighted by molar-refractivity contribution is 4.96. The largest absolute Gasteiger partial charge is 0.329 e. The fourth-order valence-corrected chi connectivity index (χ4v) is 4.10. The van der Waals surface area contributed by atoms with Gasteiger partial charge in [-0.3, -0.25) is 9.80 Å². The topological polar surface area (TPSA) is 35.7 Å². The molecule has 2 fully saturated rings. The first kappa shape index (κ1) is 17.2. The molecule has 4 heteroatoms. The van der Waals surface area contributed by atoms with Gasteiger partial charge in [0.1, 0.15) is 0 Å². The molecular weight excluding hydrogens is 260 g/mol. The molecule has 0 spiro atoms. The molecule has 2 saturated heterocycles. The molecule has 21 heavy (non-hydrogen) atoms. The lowest BCUT2D eigenvalue weighted by atomic mass is 9.87. The van der Waals surface area contributed by atoms with Gasteiger partial charge in [-0.15, -0.1) is 0 Å². The molecule has 2 heterocycles. The van der Waals surface area contributed by atoms with Crippen LogP contribution in [0.4, 0.5) is 0 Å². The highest BCUT2D eigenvalue weighted by atomic mass is 15.3. The summed E-state index contributed by atoms with van der Waals surface area (Å²) < 4.78 is 0. The van der Waals surface area contributed by atoms with E-state index in [0.29, 0.717) is 0 Å². The van der Waals surface area contributed by atoms with Gasteiger partial charge in [-0.2, -0.15) is 0 Å². The molecule has 2 N–H and O–H groups in total. The molecule has 0 radical (unpaired) electrons. The molecule has 2 atom stereocenters. The van der Waals surface area contributed by atoms with Gasteiger partial charge in [-0.05, 0) is 52.2 Å². The summed E-state index contributed by atoms with van der Waals surface area (Å²) in [6.07, 6.45) is 5.09. The van der Waals surface area contributed by atoms with E-state index in [4.69, 9.17) is 5.73 Å². The Hall–Kier alpha value is -0.160. The lowest BCUT2D eigenvalue weighted by Crippen LogP contribution is -2.61. The van der Waals surface area contributed by atoms with Crippen molar-refractivity contribution in [3.8, 4) is 0 Å². The molecule has 2 aliphatic rings. The van der Waals surface area contributed by atoms with Crippen LogP contribution >= 0.6 is 0 Å². The van der Waals surface area contributed by atoms with E-state index in [1.165, 1.54) is 71.5 Å². The number of nitrogens with two attached hydrogens (primary N) is 1. The van der Waals surface area contributed by atoms with Crippen LogP contribution in [0, 0.1) is 0 Å². The second-order valence-corrected chi connectivity index (χ2v) is 7.00. The van der Waals surface area contributed by atoms with Crippen LogP contribution in [-0.4, -0.2) is 78.6 Å². The number of piperazine rings is 1. The van der Waals surface area contributed by atoms with Crippen LogP contribution in [0.25, 0.3) is 0 Å². The number of hydrogen-bond acceptors (Lipinski definition) is 4. The Morgan fingerprint density at radius 2 is 1.71 bits per heavy atom. The van der Waals surface area contributed by atoms with E-state index in [1.807, 2.05) is 0 Å². The fourth-order valence-electron chi connectivity index (χ4n) is 4.10. The molecule has 0 saturated carbocycles. The van der Waals surface area contributed by atoms with E-state index in [-0.39, 0.29) is 5.54 Å². The molecule has 0 aromatic carbocycles. The Morgan fingerprint density at radius 1 is 1.00 bits per heavy atom. The van der Waals surface area contributed by atoms with E-state index in [0.717, 1.165) is 12.6 Å². The van der Waals surface area contributed by atoms with Crippen molar-refractivity contribution < 1.29 is 0 Å². The van der Waals surface area contributed by atoms with E-state index < -0.39 is 0 Å². The summed E-state index contributed by atoms with van der Waals surface area (Å²) in [6, 6.07) is 0.727. The predicted octanol–water partition coefficient (Wildman–Crippen LogP) is 1.61. The molecule has 0 aromatic heterocycles. The third kappa shape index (κ3) is 3.98. The van der Waals surface area contributed by atoms with Gasteiger partial charge in [-0.1, -0.05) is 13.8 Å². The zero-order chi connectivity index (χ0) is 15.3. The molecule has 0 aromatic rings. The number of nitrogens with zero attached hydrogens (tertiary/aromatic N) is 3. The van der Waals surface area contributed by atoms with Crippen LogP contribution in [0.5, 0.6) is 0 Å². The lowest BCUT2D eigenvalue weighted by molar-refractivity contribution is 0.0147. The number of likely N-dealkylation sites (tertiary alicyclic amines) is 1.